The first-order valence-electron chi connectivity index (χ1n) is 7.68. The van der Waals surface area contributed by atoms with E-state index in [1.54, 1.807) is 6.20 Å². The van der Waals surface area contributed by atoms with Crippen molar-refractivity contribution in [3.8, 4) is 11.3 Å². The number of benzene rings is 1. The highest BCUT2D eigenvalue weighted by Gasteiger charge is 2.09. The number of rotatable bonds is 4. The lowest BCUT2D eigenvalue weighted by Crippen LogP contribution is -1.92. The minimum atomic E-state index is 0.915. The third kappa shape index (κ3) is 3.52. The van der Waals surface area contributed by atoms with E-state index >= 15 is 0 Å². The van der Waals surface area contributed by atoms with Crippen molar-refractivity contribution < 1.29 is 0 Å². The zero-order valence-corrected chi connectivity index (χ0v) is 15.0. The molecule has 0 spiro atoms. The maximum atomic E-state index is 4.79. The molecule has 2 heterocycles. The van der Waals surface area contributed by atoms with Crippen LogP contribution in [0.15, 0.2) is 84.1 Å². The lowest BCUT2D eigenvalue weighted by molar-refractivity contribution is 1.32. The summed E-state index contributed by atoms with van der Waals surface area (Å²) >= 11 is 3.52. The molecule has 0 saturated heterocycles. The van der Waals surface area contributed by atoms with Gasteiger partial charge in [-0.25, -0.2) is 4.98 Å². The first-order chi connectivity index (χ1) is 11.7. The third-order valence-corrected chi connectivity index (χ3v) is 4.17. The Bertz CT molecular complexity index is 955. The summed E-state index contributed by atoms with van der Waals surface area (Å²) < 4.78 is 1.03. The minimum absolute atomic E-state index is 0.915. The van der Waals surface area contributed by atoms with Crippen molar-refractivity contribution in [3.63, 3.8) is 0 Å². The van der Waals surface area contributed by atoms with Gasteiger partial charge in [-0.3, -0.25) is 4.98 Å². The van der Waals surface area contributed by atoms with Gasteiger partial charge < -0.3 is 0 Å². The summed E-state index contributed by atoms with van der Waals surface area (Å²) in [4.78, 5) is 9.03. The lowest BCUT2D eigenvalue weighted by atomic mass is 10.00. The average molecular weight is 377 g/mol. The topological polar surface area (TPSA) is 25.8 Å². The molecule has 118 valence electrons. The molecule has 3 rings (SSSR count). The number of aromatic nitrogens is 2. The summed E-state index contributed by atoms with van der Waals surface area (Å²) in [5, 5.41) is 1.01. The second-order valence-electron chi connectivity index (χ2n) is 5.37. The quantitative estimate of drug-likeness (QED) is 0.506. The molecule has 24 heavy (non-hydrogen) atoms. The van der Waals surface area contributed by atoms with Crippen molar-refractivity contribution >= 4 is 32.4 Å². The van der Waals surface area contributed by atoms with E-state index in [4.69, 9.17) is 4.98 Å². The largest absolute Gasteiger partial charge is 0.264 e. The molecule has 2 aromatic heterocycles. The van der Waals surface area contributed by atoms with Crippen molar-refractivity contribution in [2.75, 3.05) is 0 Å². The summed E-state index contributed by atoms with van der Waals surface area (Å²) in [5.41, 5.74) is 4.88. The minimum Gasteiger partial charge on any atom is -0.264 e. The van der Waals surface area contributed by atoms with Crippen LogP contribution in [0.25, 0.3) is 27.7 Å². The molecule has 0 bridgehead atoms. The Hall–Kier alpha value is -2.52. The van der Waals surface area contributed by atoms with E-state index < -0.39 is 0 Å². The fourth-order valence-corrected chi connectivity index (χ4v) is 2.90. The van der Waals surface area contributed by atoms with E-state index in [1.165, 1.54) is 0 Å². The second-order valence-corrected chi connectivity index (χ2v) is 6.28. The molecule has 3 heteroatoms. The molecule has 2 nitrogen and oxygen atoms in total. The monoisotopic (exact) mass is 376 g/mol. The third-order valence-electron chi connectivity index (χ3n) is 3.68. The molecule has 0 atom stereocenters. The highest BCUT2D eigenvalue weighted by atomic mass is 79.9. The standard InChI is InChI=1S/C21H17BrN2/c1-3-4-5-7-15(2)18-13-21(16-8-6-9-17(22)12-16)24-20-10-11-23-14-19(18)20/h3-14H,2H2,1H3/b4-3-,7-5-. The summed E-state index contributed by atoms with van der Waals surface area (Å²) in [6.07, 6.45) is 11.6. The normalized spacial score (nSPS) is 11.6. The Morgan fingerprint density at radius 2 is 2.04 bits per heavy atom. The molecule has 0 amide bonds. The van der Waals surface area contributed by atoms with Crippen LogP contribution in [-0.4, -0.2) is 9.97 Å². The number of halogens is 1. The van der Waals surface area contributed by atoms with Gasteiger partial charge in [0, 0.05) is 27.8 Å². The molecule has 0 fully saturated rings. The van der Waals surface area contributed by atoms with Gasteiger partial charge in [0.1, 0.15) is 0 Å². The van der Waals surface area contributed by atoms with Crippen molar-refractivity contribution in [3.05, 3.63) is 89.7 Å². The van der Waals surface area contributed by atoms with Gasteiger partial charge in [-0.2, -0.15) is 0 Å². The number of fused-ring (bicyclic) bond motifs is 1. The Morgan fingerprint density at radius 1 is 1.17 bits per heavy atom. The van der Waals surface area contributed by atoms with Gasteiger partial charge in [0.25, 0.3) is 0 Å². The van der Waals surface area contributed by atoms with Crippen LogP contribution in [0, 0.1) is 0 Å². The van der Waals surface area contributed by atoms with Crippen LogP contribution in [0.5, 0.6) is 0 Å². The summed E-state index contributed by atoms with van der Waals surface area (Å²) in [6.45, 7) is 6.20. The number of hydrogen-bond acceptors (Lipinski definition) is 2. The smallest absolute Gasteiger partial charge is 0.0746 e. The molecule has 0 aliphatic heterocycles. The van der Waals surface area contributed by atoms with E-state index in [9.17, 15) is 0 Å². The SMILES string of the molecule is C=C(/C=C\C=C/C)c1cc(-c2cccc(Br)c2)nc2ccncc12. The van der Waals surface area contributed by atoms with Crippen LogP contribution in [0.2, 0.25) is 0 Å². The average Bonchev–Trinajstić information content (AvgIpc) is 2.61. The molecule has 0 aliphatic rings. The first-order valence-corrected chi connectivity index (χ1v) is 8.47. The van der Waals surface area contributed by atoms with Crippen molar-refractivity contribution in [2.24, 2.45) is 0 Å². The molecule has 1 aromatic carbocycles. The van der Waals surface area contributed by atoms with Crippen molar-refractivity contribution in [1.29, 1.82) is 0 Å². The molecule has 3 aromatic rings. The number of allylic oxidation sites excluding steroid dienone is 5. The van der Waals surface area contributed by atoms with E-state index in [0.29, 0.717) is 0 Å². The van der Waals surface area contributed by atoms with Crippen LogP contribution in [0.1, 0.15) is 12.5 Å². The van der Waals surface area contributed by atoms with Crippen molar-refractivity contribution in [1.82, 2.24) is 9.97 Å². The molecule has 0 aliphatic carbocycles. The molecular formula is C21H17BrN2. The van der Waals surface area contributed by atoms with Crippen LogP contribution < -0.4 is 0 Å². The van der Waals surface area contributed by atoms with Gasteiger partial charge in [-0.1, -0.05) is 58.9 Å². The number of hydrogen-bond donors (Lipinski definition) is 0. The Balaban J connectivity index is 2.18. The molecule has 0 unspecified atom stereocenters. The molecule has 0 radical (unpaired) electrons. The van der Waals surface area contributed by atoms with Crippen LogP contribution in [-0.2, 0) is 0 Å². The van der Waals surface area contributed by atoms with Gasteiger partial charge in [0.05, 0.1) is 11.2 Å². The summed E-state index contributed by atoms with van der Waals surface area (Å²) in [7, 11) is 0. The molecular weight excluding hydrogens is 360 g/mol. The van der Waals surface area contributed by atoms with Gasteiger partial charge in [0.2, 0.25) is 0 Å². The van der Waals surface area contributed by atoms with Gasteiger partial charge in [0.15, 0.2) is 0 Å². The fourth-order valence-electron chi connectivity index (χ4n) is 2.50. The van der Waals surface area contributed by atoms with E-state index in [2.05, 4.69) is 45.7 Å². The zero-order chi connectivity index (χ0) is 16.9. The number of nitrogens with zero attached hydrogens (tertiary/aromatic N) is 2. The van der Waals surface area contributed by atoms with E-state index in [-0.39, 0.29) is 0 Å². The van der Waals surface area contributed by atoms with Crippen LogP contribution in [0.3, 0.4) is 0 Å². The molecule has 0 saturated carbocycles. The van der Waals surface area contributed by atoms with Crippen LogP contribution >= 0.6 is 15.9 Å². The Kier molecular flexibility index (Phi) is 5.02. The highest BCUT2D eigenvalue weighted by Crippen LogP contribution is 2.29. The van der Waals surface area contributed by atoms with Gasteiger partial charge in [-0.15, -0.1) is 0 Å². The van der Waals surface area contributed by atoms with Crippen molar-refractivity contribution in [2.45, 2.75) is 6.92 Å². The Morgan fingerprint density at radius 3 is 2.83 bits per heavy atom. The number of pyridine rings is 2. The predicted octanol–water partition coefficient (Wildman–Crippen LogP) is 6.20. The first kappa shape index (κ1) is 16.3. The predicted molar refractivity (Wildman–Crippen MR) is 106 cm³/mol. The Labute approximate surface area is 150 Å². The molecule has 0 N–H and O–H groups in total. The van der Waals surface area contributed by atoms with Crippen LogP contribution in [0.4, 0.5) is 0 Å². The second kappa shape index (κ2) is 7.37. The summed E-state index contributed by atoms with van der Waals surface area (Å²) in [6, 6.07) is 12.2. The van der Waals surface area contributed by atoms with E-state index in [0.717, 1.165) is 37.8 Å². The lowest BCUT2D eigenvalue weighted by Gasteiger charge is -2.10. The fraction of sp³-hybridized carbons (Fsp3) is 0.0476. The zero-order valence-electron chi connectivity index (χ0n) is 13.4. The van der Waals surface area contributed by atoms with Gasteiger partial charge >= 0.3 is 0 Å². The summed E-state index contributed by atoms with van der Waals surface area (Å²) in [5.74, 6) is 0. The maximum absolute atomic E-state index is 4.79. The maximum Gasteiger partial charge on any atom is 0.0746 e. The van der Waals surface area contributed by atoms with E-state index in [1.807, 2.05) is 55.6 Å². The van der Waals surface area contributed by atoms with Gasteiger partial charge in [-0.05, 0) is 42.3 Å². The highest BCUT2D eigenvalue weighted by molar-refractivity contribution is 9.10.